The Labute approximate surface area is 351 Å². The van der Waals surface area contributed by atoms with Gasteiger partial charge in [-0.15, -0.1) is 0 Å². The fourth-order valence-electron chi connectivity index (χ4n) is 7.39. The monoisotopic (exact) mass is 846 g/mol. The van der Waals surface area contributed by atoms with Crippen molar-refractivity contribution >= 4 is 19.8 Å². The highest BCUT2D eigenvalue weighted by molar-refractivity contribution is 7.47. The molecule has 13 heteroatoms. The van der Waals surface area contributed by atoms with Gasteiger partial charge in [0.05, 0.1) is 31.5 Å². The molecule has 7 atom stereocenters. The Morgan fingerprint density at radius 2 is 1.28 bits per heavy atom. The lowest BCUT2D eigenvalue weighted by Gasteiger charge is -2.20. The van der Waals surface area contributed by atoms with Gasteiger partial charge in [0.25, 0.3) is 0 Å². The summed E-state index contributed by atoms with van der Waals surface area (Å²) >= 11 is 0. The first-order valence-electron chi connectivity index (χ1n) is 23.1. The third-order valence-electron chi connectivity index (χ3n) is 10.9. The first-order chi connectivity index (χ1) is 28.0. The normalized spacial score (nSPS) is 20.5. The van der Waals surface area contributed by atoms with Crippen molar-refractivity contribution in [1.82, 2.24) is 0 Å². The Bertz CT molecular complexity index is 1120. The summed E-state index contributed by atoms with van der Waals surface area (Å²) < 4.78 is 32.8. The van der Waals surface area contributed by atoms with Crippen LogP contribution in [0.3, 0.4) is 0 Å². The first-order valence-corrected chi connectivity index (χ1v) is 24.6. The number of rotatable bonds is 39. The highest BCUT2D eigenvalue weighted by atomic mass is 31.2. The molecule has 0 aromatic carbocycles. The predicted molar refractivity (Wildman–Crippen MR) is 231 cm³/mol. The number of hydrogen-bond donors (Lipinski definition) is 5. The van der Waals surface area contributed by atoms with Crippen molar-refractivity contribution in [3.05, 3.63) is 24.3 Å². The molecule has 1 saturated carbocycles. The lowest BCUT2D eigenvalue weighted by molar-refractivity contribution is -0.161. The van der Waals surface area contributed by atoms with Crippen molar-refractivity contribution in [2.45, 2.75) is 212 Å². The molecule has 0 aromatic heterocycles. The number of carbonyl (C=O) groups is 2. The maximum atomic E-state index is 12.6. The van der Waals surface area contributed by atoms with E-state index in [-0.39, 0.29) is 44.4 Å². The number of carbonyl (C=O) groups excluding carboxylic acids is 2. The molecule has 1 aliphatic carbocycles. The van der Waals surface area contributed by atoms with Crippen molar-refractivity contribution in [2.24, 2.45) is 17.6 Å². The summed E-state index contributed by atoms with van der Waals surface area (Å²) in [6.45, 7) is 3.38. The van der Waals surface area contributed by atoms with Gasteiger partial charge in [-0.1, -0.05) is 160 Å². The number of phosphoric acid groups is 1. The lowest BCUT2D eigenvalue weighted by Crippen LogP contribution is -2.29. The summed E-state index contributed by atoms with van der Waals surface area (Å²) in [5, 5.41) is 31.3. The van der Waals surface area contributed by atoms with Crippen LogP contribution in [-0.4, -0.2) is 82.9 Å². The molecule has 0 amide bonds. The Balaban J connectivity index is 2.36. The molecule has 58 heavy (non-hydrogen) atoms. The minimum absolute atomic E-state index is 0.0201. The second-order valence-corrected chi connectivity index (χ2v) is 17.7. The van der Waals surface area contributed by atoms with Crippen LogP contribution in [0, 0.1) is 11.8 Å². The van der Waals surface area contributed by atoms with Crippen molar-refractivity contribution in [3.63, 3.8) is 0 Å². The van der Waals surface area contributed by atoms with E-state index in [2.05, 4.69) is 13.8 Å². The van der Waals surface area contributed by atoms with Gasteiger partial charge in [-0.05, 0) is 38.0 Å². The average Bonchev–Trinajstić information content (AvgIpc) is 3.47. The molecule has 0 saturated heterocycles. The van der Waals surface area contributed by atoms with E-state index in [0.717, 1.165) is 38.5 Å². The highest BCUT2D eigenvalue weighted by Gasteiger charge is 2.39. The molecule has 0 radical (unpaired) electrons. The third kappa shape index (κ3) is 29.6. The molecule has 1 aliphatic rings. The van der Waals surface area contributed by atoms with Crippen LogP contribution >= 0.6 is 7.82 Å². The summed E-state index contributed by atoms with van der Waals surface area (Å²) in [5.41, 5.74) is 5.35. The zero-order valence-corrected chi connectivity index (χ0v) is 37.3. The highest BCUT2D eigenvalue weighted by Crippen LogP contribution is 2.43. The standard InChI is InChI=1S/C45H84NO11P/c1-3-5-7-8-9-10-11-12-13-14-15-16-17-18-19-20-26-30-45(51)57-39(37-56-58(52,53)55-34-33-46)36-54-44(50)29-25-22-21-24-28-40-41(43(49)35-42(40)48)32-31-38(47)27-23-6-4-2/h21,24,31-32,38-43,47-49H,3-20,22-23,25-30,33-37,46H2,1-2H3,(H,52,53)/b24-21+,32-31+/t38-,39+,40+,41+,42-,43+/m0/s1. The van der Waals surface area contributed by atoms with Crippen molar-refractivity contribution in [1.29, 1.82) is 0 Å². The van der Waals surface area contributed by atoms with Gasteiger partial charge in [-0.2, -0.15) is 0 Å². The Kier molecular flexibility index (Phi) is 33.8. The summed E-state index contributed by atoms with van der Waals surface area (Å²) in [7, 11) is -4.44. The molecular weight excluding hydrogens is 761 g/mol. The molecular formula is C45H84NO11P. The molecule has 0 heterocycles. The first kappa shape index (κ1) is 54.4. The minimum Gasteiger partial charge on any atom is -0.462 e. The second-order valence-electron chi connectivity index (χ2n) is 16.2. The van der Waals surface area contributed by atoms with E-state index >= 15 is 0 Å². The quantitative estimate of drug-likeness (QED) is 0.0170. The minimum atomic E-state index is -4.44. The van der Waals surface area contributed by atoms with Crippen LogP contribution in [0.4, 0.5) is 0 Å². The van der Waals surface area contributed by atoms with Crippen LogP contribution in [-0.2, 0) is 32.7 Å². The Hall–Kier alpha value is -1.63. The van der Waals surface area contributed by atoms with Gasteiger partial charge in [0.1, 0.15) is 6.61 Å². The molecule has 0 aliphatic heterocycles. The van der Waals surface area contributed by atoms with Gasteiger partial charge in [0.2, 0.25) is 0 Å². The van der Waals surface area contributed by atoms with Gasteiger partial charge in [0, 0.05) is 31.7 Å². The summed E-state index contributed by atoms with van der Waals surface area (Å²) in [5.74, 6) is -1.41. The Morgan fingerprint density at radius 1 is 0.724 bits per heavy atom. The van der Waals surface area contributed by atoms with Gasteiger partial charge >= 0.3 is 19.8 Å². The van der Waals surface area contributed by atoms with E-state index in [1.54, 1.807) is 6.08 Å². The summed E-state index contributed by atoms with van der Waals surface area (Å²) in [4.78, 5) is 35.1. The van der Waals surface area contributed by atoms with E-state index < -0.39 is 50.8 Å². The van der Waals surface area contributed by atoms with Crippen molar-refractivity contribution in [3.8, 4) is 0 Å². The van der Waals surface area contributed by atoms with Gasteiger partial charge in [-0.25, -0.2) is 4.57 Å². The summed E-state index contributed by atoms with van der Waals surface area (Å²) in [6, 6.07) is 0. The van der Waals surface area contributed by atoms with E-state index in [9.17, 15) is 34.4 Å². The van der Waals surface area contributed by atoms with Crippen LogP contribution in [0.15, 0.2) is 24.3 Å². The number of allylic oxidation sites excluding steroid dienone is 2. The van der Waals surface area contributed by atoms with Crippen LogP contribution in [0.1, 0.15) is 187 Å². The molecule has 0 bridgehead atoms. The van der Waals surface area contributed by atoms with Crippen LogP contribution in [0.25, 0.3) is 0 Å². The topological polar surface area (TPSA) is 195 Å². The van der Waals surface area contributed by atoms with Crippen molar-refractivity contribution in [2.75, 3.05) is 26.4 Å². The molecule has 340 valence electrons. The largest absolute Gasteiger partial charge is 0.472 e. The number of unbranched alkanes of at least 4 members (excludes halogenated alkanes) is 19. The van der Waals surface area contributed by atoms with E-state index in [1.807, 2.05) is 18.2 Å². The molecule has 1 rings (SSSR count). The number of hydrogen-bond acceptors (Lipinski definition) is 11. The zero-order valence-electron chi connectivity index (χ0n) is 36.4. The summed E-state index contributed by atoms with van der Waals surface area (Å²) in [6.07, 6.45) is 31.6. The van der Waals surface area contributed by atoms with Gasteiger partial charge in [0.15, 0.2) is 6.10 Å². The molecule has 12 nitrogen and oxygen atoms in total. The molecule has 1 fully saturated rings. The number of ether oxygens (including phenoxy) is 2. The number of esters is 2. The second kappa shape index (κ2) is 36.1. The van der Waals surface area contributed by atoms with Crippen LogP contribution < -0.4 is 5.73 Å². The molecule has 0 aromatic rings. The lowest BCUT2D eigenvalue weighted by atomic mass is 9.89. The fourth-order valence-corrected chi connectivity index (χ4v) is 8.16. The van der Waals surface area contributed by atoms with Gasteiger partial charge < -0.3 is 35.4 Å². The number of aliphatic hydroxyl groups excluding tert-OH is 3. The molecule has 6 N–H and O–H groups in total. The fraction of sp³-hybridized carbons (Fsp3) is 0.867. The van der Waals surface area contributed by atoms with E-state index in [4.69, 9.17) is 24.3 Å². The molecule has 0 spiro atoms. The number of nitrogens with two attached hydrogens (primary N) is 1. The smallest absolute Gasteiger partial charge is 0.462 e. The van der Waals surface area contributed by atoms with E-state index in [1.165, 1.54) is 83.5 Å². The predicted octanol–water partition coefficient (Wildman–Crippen LogP) is 9.55. The molecule has 1 unspecified atom stereocenters. The Morgan fingerprint density at radius 3 is 1.86 bits per heavy atom. The van der Waals surface area contributed by atoms with Gasteiger partial charge in [-0.3, -0.25) is 18.6 Å². The SMILES string of the molecule is CCCCCCCCCCCCCCCCCCCC(=O)O[C@H](COC(=O)CCC/C=C/C[C@@H]1[C@@H](/C=C/[C@@H](O)CCCCC)[C@H](O)C[C@@H]1O)COP(=O)(O)OCCN. The third-order valence-corrected chi connectivity index (χ3v) is 11.9. The number of aliphatic hydroxyl groups is 3. The van der Waals surface area contributed by atoms with Crippen LogP contribution in [0.2, 0.25) is 0 Å². The number of phosphoric ester groups is 1. The maximum absolute atomic E-state index is 12.6. The van der Waals surface area contributed by atoms with E-state index in [0.29, 0.717) is 38.5 Å². The average molecular weight is 846 g/mol. The van der Waals surface area contributed by atoms with Crippen LogP contribution in [0.5, 0.6) is 0 Å². The maximum Gasteiger partial charge on any atom is 0.472 e. The van der Waals surface area contributed by atoms with Crippen molar-refractivity contribution < 1.29 is 52.9 Å². The zero-order chi connectivity index (χ0) is 42.7.